The fourth-order valence-electron chi connectivity index (χ4n) is 0.874. The van der Waals surface area contributed by atoms with Crippen molar-refractivity contribution in [1.29, 1.82) is 0 Å². The molecule has 0 atom stereocenters. The molecule has 0 saturated heterocycles. The number of hydrogen-bond donors (Lipinski definition) is 3. The summed E-state index contributed by atoms with van der Waals surface area (Å²) in [6, 6.07) is 0. The van der Waals surface area contributed by atoms with Crippen molar-refractivity contribution in [3.8, 4) is 0 Å². The van der Waals surface area contributed by atoms with Crippen molar-refractivity contribution in [1.82, 2.24) is 5.32 Å². The molecule has 0 unspecified atom stereocenters. The molecule has 0 rings (SSSR count). The van der Waals surface area contributed by atoms with E-state index in [1.54, 1.807) is 0 Å². The average Bonchev–Trinajstić information content (AvgIpc) is 2.10. The van der Waals surface area contributed by atoms with E-state index in [0.717, 1.165) is 32.2 Å². The maximum atomic E-state index is 10.7. The first-order chi connectivity index (χ1) is 5.81. The van der Waals surface area contributed by atoms with Gasteiger partial charge in [0.25, 0.3) is 0 Å². The fourth-order valence-corrected chi connectivity index (χ4v) is 0.986. The van der Waals surface area contributed by atoms with E-state index in [4.69, 9.17) is 5.11 Å². The number of aliphatic hydroxyl groups is 1. The van der Waals surface area contributed by atoms with Gasteiger partial charge >= 0.3 is 0 Å². The van der Waals surface area contributed by atoms with Crippen LogP contribution in [0.3, 0.4) is 0 Å². The van der Waals surface area contributed by atoms with Gasteiger partial charge in [-0.1, -0.05) is 12.8 Å². The molecule has 0 aromatic rings. The quantitative estimate of drug-likeness (QED) is 0.407. The van der Waals surface area contributed by atoms with Crippen molar-refractivity contribution in [2.75, 3.05) is 18.9 Å². The third-order valence-electron chi connectivity index (χ3n) is 1.55. The van der Waals surface area contributed by atoms with Crippen molar-refractivity contribution in [3.63, 3.8) is 0 Å². The number of nitrogens with one attached hydrogen (secondary N) is 1. The Kier molecular flexibility index (Phi) is 8.71. The van der Waals surface area contributed by atoms with Crippen LogP contribution in [0.4, 0.5) is 0 Å². The molecular weight excluding hydrogens is 174 g/mol. The molecule has 12 heavy (non-hydrogen) atoms. The number of aliphatic hydroxyl groups excluding tert-OH is 1. The monoisotopic (exact) mass is 191 g/mol. The third kappa shape index (κ3) is 7.88. The van der Waals surface area contributed by atoms with Crippen molar-refractivity contribution in [2.45, 2.75) is 25.7 Å². The van der Waals surface area contributed by atoms with Crippen LogP contribution < -0.4 is 5.32 Å². The Balaban J connectivity index is 2.95. The summed E-state index contributed by atoms with van der Waals surface area (Å²) in [6.45, 7) is 0.994. The summed E-state index contributed by atoms with van der Waals surface area (Å²) in [4.78, 5) is 10.7. The molecule has 0 fully saturated rings. The van der Waals surface area contributed by atoms with E-state index in [1.165, 1.54) is 0 Å². The molecule has 0 radical (unpaired) electrons. The minimum Gasteiger partial charge on any atom is -0.396 e. The molecule has 0 saturated carbocycles. The van der Waals surface area contributed by atoms with Gasteiger partial charge in [-0.15, -0.1) is 0 Å². The van der Waals surface area contributed by atoms with Gasteiger partial charge in [0.05, 0.1) is 5.75 Å². The molecule has 3 nitrogen and oxygen atoms in total. The first kappa shape index (κ1) is 11.8. The summed E-state index contributed by atoms with van der Waals surface area (Å²) in [6.07, 6.45) is 3.95. The van der Waals surface area contributed by atoms with Crippen LogP contribution >= 0.6 is 12.6 Å². The highest BCUT2D eigenvalue weighted by Crippen LogP contribution is 1.97. The molecule has 0 aromatic heterocycles. The third-order valence-corrected chi connectivity index (χ3v) is 1.84. The Morgan fingerprint density at radius 2 is 1.92 bits per heavy atom. The topological polar surface area (TPSA) is 49.3 Å². The summed E-state index contributed by atoms with van der Waals surface area (Å²) in [5.74, 6) is 0.247. The summed E-state index contributed by atoms with van der Waals surface area (Å²) < 4.78 is 0. The minimum atomic E-state index is -0.0134. The first-order valence-electron chi connectivity index (χ1n) is 4.29. The Bertz CT molecular complexity index is 120. The van der Waals surface area contributed by atoms with E-state index in [2.05, 4.69) is 17.9 Å². The summed E-state index contributed by atoms with van der Waals surface area (Å²) in [7, 11) is 0. The summed E-state index contributed by atoms with van der Waals surface area (Å²) >= 11 is 3.83. The molecule has 0 heterocycles. The predicted octanol–water partition coefficient (Wildman–Crippen LogP) is 0.585. The second-order valence-corrected chi connectivity index (χ2v) is 2.96. The van der Waals surface area contributed by atoms with Crippen molar-refractivity contribution in [2.24, 2.45) is 0 Å². The summed E-state index contributed by atoms with van der Waals surface area (Å²) in [5, 5.41) is 11.2. The van der Waals surface area contributed by atoms with Gasteiger partial charge in [-0.2, -0.15) is 12.6 Å². The fraction of sp³-hybridized carbons (Fsp3) is 0.875. The van der Waals surface area contributed by atoms with Crippen molar-refractivity contribution >= 4 is 18.5 Å². The van der Waals surface area contributed by atoms with Crippen LogP contribution in [0.25, 0.3) is 0 Å². The van der Waals surface area contributed by atoms with Crippen LogP contribution in [0.2, 0.25) is 0 Å². The minimum absolute atomic E-state index is 0.0134. The standard InChI is InChI=1S/C8H17NO2S/c10-6-4-2-1-3-5-9-8(11)7-12/h10,12H,1-7H2,(H,9,11). The second-order valence-electron chi connectivity index (χ2n) is 2.65. The molecule has 0 spiro atoms. The van der Waals surface area contributed by atoms with Gasteiger partial charge in [0.2, 0.25) is 5.91 Å². The number of carbonyl (C=O) groups is 1. The molecule has 0 aliphatic rings. The SMILES string of the molecule is O=C(CS)NCCCCCCO. The zero-order valence-electron chi connectivity index (χ0n) is 7.25. The van der Waals surface area contributed by atoms with Crippen LogP contribution in [0.5, 0.6) is 0 Å². The zero-order chi connectivity index (χ0) is 9.23. The molecule has 0 bridgehead atoms. The van der Waals surface area contributed by atoms with Crippen LogP contribution in [0.1, 0.15) is 25.7 Å². The average molecular weight is 191 g/mol. The maximum Gasteiger partial charge on any atom is 0.229 e. The van der Waals surface area contributed by atoms with Gasteiger partial charge in [0.1, 0.15) is 0 Å². The van der Waals surface area contributed by atoms with Gasteiger partial charge < -0.3 is 10.4 Å². The second kappa shape index (κ2) is 8.87. The summed E-state index contributed by atoms with van der Waals surface area (Å²) in [5.41, 5.74) is 0. The van der Waals surface area contributed by atoms with E-state index in [1.807, 2.05) is 0 Å². The first-order valence-corrected chi connectivity index (χ1v) is 4.93. The van der Waals surface area contributed by atoms with E-state index in [0.29, 0.717) is 0 Å². The van der Waals surface area contributed by atoms with Gasteiger partial charge in [-0.3, -0.25) is 4.79 Å². The number of hydrogen-bond acceptors (Lipinski definition) is 3. The zero-order valence-corrected chi connectivity index (χ0v) is 8.15. The molecule has 1 amide bonds. The van der Waals surface area contributed by atoms with Crippen molar-refractivity contribution in [3.05, 3.63) is 0 Å². The van der Waals surface area contributed by atoms with Crippen LogP contribution in [0, 0.1) is 0 Å². The molecule has 0 aliphatic heterocycles. The number of carbonyl (C=O) groups excluding carboxylic acids is 1. The van der Waals surface area contributed by atoms with Gasteiger partial charge in [0, 0.05) is 13.2 Å². The number of amides is 1. The highest BCUT2D eigenvalue weighted by atomic mass is 32.1. The Morgan fingerprint density at radius 3 is 2.50 bits per heavy atom. The molecular formula is C8H17NO2S. The largest absolute Gasteiger partial charge is 0.396 e. The number of rotatable bonds is 7. The van der Waals surface area contributed by atoms with Gasteiger partial charge in [-0.05, 0) is 12.8 Å². The predicted molar refractivity (Wildman–Crippen MR) is 52.4 cm³/mol. The van der Waals surface area contributed by atoms with E-state index < -0.39 is 0 Å². The smallest absolute Gasteiger partial charge is 0.229 e. The van der Waals surface area contributed by atoms with E-state index >= 15 is 0 Å². The van der Waals surface area contributed by atoms with Crippen molar-refractivity contribution < 1.29 is 9.90 Å². The maximum absolute atomic E-state index is 10.7. The Labute approximate surface area is 79.0 Å². The lowest BCUT2D eigenvalue weighted by atomic mass is 10.2. The lowest BCUT2D eigenvalue weighted by Gasteiger charge is -2.01. The van der Waals surface area contributed by atoms with Gasteiger partial charge in [-0.25, -0.2) is 0 Å². The highest BCUT2D eigenvalue weighted by Gasteiger charge is 1.94. The van der Waals surface area contributed by atoms with E-state index in [9.17, 15) is 4.79 Å². The molecule has 4 heteroatoms. The van der Waals surface area contributed by atoms with Crippen LogP contribution in [0.15, 0.2) is 0 Å². The normalized spacial score (nSPS) is 9.83. The molecule has 2 N–H and O–H groups in total. The molecule has 0 aliphatic carbocycles. The Hall–Kier alpha value is -0.220. The lowest BCUT2D eigenvalue weighted by Crippen LogP contribution is -2.25. The number of thiol groups is 1. The number of unbranched alkanes of at least 4 members (excludes halogenated alkanes) is 3. The van der Waals surface area contributed by atoms with Crippen LogP contribution in [-0.4, -0.2) is 29.9 Å². The van der Waals surface area contributed by atoms with E-state index in [-0.39, 0.29) is 18.3 Å². The van der Waals surface area contributed by atoms with Crippen LogP contribution in [-0.2, 0) is 4.79 Å². The Morgan fingerprint density at radius 1 is 1.25 bits per heavy atom. The molecule has 72 valence electrons. The van der Waals surface area contributed by atoms with Gasteiger partial charge in [0.15, 0.2) is 0 Å². The highest BCUT2D eigenvalue weighted by molar-refractivity contribution is 7.81. The lowest BCUT2D eigenvalue weighted by molar-refractivity contribution is -0.118. The molecule has 0 aromatic carbocycles.